The largest absolute Gasteiger partial charge is 0.352 e. The molecule has 0 aliphatic carbocycles. The number of nitrogens with zero attached hydrogens (tertiary/aromatic N) is 1. The van der Waals surface area contributed by atoms with Gasteiger partial charge < -0.3 is 10.2 Å². The summed E-state index contributed by atoms with van der Waals surface area (Å²) in [6.45, 7) is 3.74. The van der Waals surface area contributed by atoms with Crippen LogP contribution in [0.5, 0.6) is 0 Å². The van der Waals surface area contributed by atoms with Gasteiger partial charge in [0, 0.05) is 25.9 Å². The topological polar surface area (TPSA) is 66.5 Å². The van der Waals surface area contributed by atoms with E-state index in [4.69, 9.17) is 0 Å². The normalized spacial score (nSPS) is 10.4. The van der Waals surface area contributed by atoms with Gasteiger partial charge in [-0.3, -0.25) is 14.4 Å². The third-order valence-corrected chi connectivity index (χ3v) is 3.53. The van der Waals surface area contributed by atoms with Gasteiger partial charge in [-0.25, -0.2) is 0 Å². The van der Waals surface area contributed by atoms with Gasteiger partial charge in [0.2, 0.25) is 11.8 Å². The van der Waals surface area contributed by atoms with Gasteiger partial charge in [-0.1, -0.05) is 6.07 Å². The second kappa shape index (κ2) is 7.79. The molecule has 0 saturated heterocycles. The molecular formula is C14H20N2O3S. The van der Waals surface area contributed by atoms with E-state index in [-0.39, 0.29) is 43.0 Å². The molecule has 1 aromatic heterocycles. The van der Waals surface area contributed by atoms with Crippen LogP contribution in [0.15, 0.2) is 17.5 Å². The van der Waals surface area contributed by atoms with Gasteiger partial charge in [0.15, 0.2) is 5.78 Å². The minimum atomic E-state index is -0.200. The number of likely N-dealkylation sites (N-methyl/N-ethyl adjacent to an activating group) is 1. The number of hydrogen-bond donors (Lipinski definition) is 1. The smallest absolute Gasteiger partial charge is 0.239 e. The third-order valence-electron chi connectivity index (χ3n) is 2.62. The van der Waals surface area contributed by atoms with Gasteiger partial charge in [-0.15, -0.1) is 11.3 Å². The lowest BCUT2D eigenvalue weighted by Gasteiger charge is -2.17. The highest BCUT2D eigenvalue weighted by atomic mass is 32.1. The Morgan fingerprint density at radius 2 is 2.00 bits per heavy atom. The van der Waals surface area contributed by atoms with Gasteiger partial charge in [0.05, 0.1) is 11.4 Å². The van der Waals surface area contributed by atoms with E-state index in [1.165, 1.54) is 16.2 Å². The molecule has 0 unspecified atom stereocenters. The SMILES string of the molecule is CC(C)NC(=O)CN(C)C(=O)CCC(=O)c1cccs1. The zero-order valence-corrected chi connectivity index (χ0v) is 12.8. The molecule has 0 aromatic carbocycles. The summed E-state index contributed by atoms with van der Waals surface area (Å²) < 4.78 is 0. The zero-order chi connectivity index (χ0) is 15.1. The molecule has 1 N–H and O–H groups in total. The average Bonchev–Trinajstić information content (AvgIpc) is 2.87. The molecule has 0 bridgehead atoms. The molecule has 0 spiro atoms. The summed E-state index contributed by atoms with van der Waals surface area (Å²) in [5.74, 6) is -0.428. The highest BCUT2D eigenvalue weighted by Crippen LogP contribution is 2.12. The van der Waals surface area contributed by atoms with E-state index < -0.39 is 0 Å². The number of ketones is 1. The first kappa shape index (κ1) is 16.4. The maximum Gasteiger partial charge on any atom is 0.239 e. The predicted molar refractivity (Wildman–Crippen MR) is 78.8 cm³/mol. The molecule has 0 atom stereocenters. The third kappa shape index (κ3) is 5.52. The molecule has 1 aromatic rings. The van der Waals surface area contributed by atoms with Crippen LogP contribution in [-0.2, 0) is 9.59 Å². The monoisotopic (exact) mass is 296 g/mol. The molecule has 0 saturated carbocycles. The quantitative estimate of drug-likeness (QED) is 0.779. The number of nitrogens with one attached hydrogen (secondary N) is 1. The van der Waals surface area contributed by atoms with E-state index in [2.05, 4.69) is 5.32 Å². The molecule has 1 rings (SSSR count). The lowest BCUT2D eigenvalue weighted by molar-refractivity contribution is -0.134. The molecule has 6 heteroatoms. The van der Waals surface area contributed by atoms with Gasteiger partial charge in [0.1, 0.15) is 0 Å². The Labute approximate surface area is 123 Å². The maximum absolute atomic E-state index is 11.8. The van der Waals surface area contributed by atoms with Gasteiger partial charge in [0.25, 0.3) is 0 Å². The van der Waals surface area contributed by atoms with Crippen LogP contribution < -0.4 is 5.32 Å². The fourth-order valence-corrected chi connectivity index (χ4v) is 2.34. The Bertz CT molecular complexity index is 469. The fraction of sp³-hybridized carbons (Fsp3) is 0.500. The van der Waals surface area contributed by atoms with Crippen LogP contribution in [0.4, 0.5) is 0 Å². The van der Waals surface area contributed by atoms with Crippen molar-refractivity contribution in [2.45, 2.75) is 32.7 Å². The molecule has 0 aliphatic rings. The van der Waals surface area contributed by atoms with Crippen molar-refractivity contribution >= 4 is 28.9 Å². The number of carbonyl (C=O) groups is 3. The Kier molecular flexibility index (Phi) is 6.38. The van der Waals surface area contributed by atoms with Crippen molar-refractivity contribution in [3.8, 4) is 0 Å². The molecule has 0 fully saturated rings. The molecule has 110 valence electrons. The van der Waals surface area contributed by atoms with Crippen LogP contribution >= 0.6 is 11.3 Å². The van der Waals surface area contributed by atoms with E-state index >= 15 is 0 Å². The molecule has 0 radical (unpaired) electrons. The molecule has 2 amide bonds. The summed E-state index contributed by atoms with van der Waals surface area (Å²) in [6, 6.07) is 3.60. The predicted octanol–water partition coefficient (Wildman–Crippen LogP) is 1.69. The second-order valence-corrected chi connectivity index (χ2v) is 5.82. The summed E-state index contributed by atoms with van der Waals surface area (Å²) in [5.41, 5.74) is 0. The summed E-state index contributed by atoms with van der Waals surface area (Å²) in [5, 5.41) is 4.55. The first-order chi connectivity index (χ1) is 9.40. The molecule has 5 nitrogen and oxygen atoms in total. The van der Waals surface area contributed by atoms with Crippen molar-refractivity contribution in [2.24, 2.45) is 0 Å². The average molecular weight is 296 g/mol. The summed E-state index contributed by atoms with van der Waals surface area (Å²) in [6.07, 6.45) is 0.303. The molecule has 0 aliphatic heterocycles. The van der Waals surface area contributed by atoms with Gasteiger partial charge >= 0.3 is 0 Å². The molecule has 20 heavy (non-hydrogen) atoms. The van der Waals surface area contributed by atoms with Crippen LogP contribution in [0.1, 0.15) is 36.4 Å². The summed E-state index contributed by atoms with van der Waals surface area (Å²) >= 11 is 1.37. The van der Waals surface area contributed by atoms with Gasteiger partial charge in [-0.05, 0) is 25.3 Å². The van der Waals surface area contributed by atoms with Crippen LogP contribution in [0.25, 0.3) is 0 Å². The number of rotatable bonds is 7. The van der Waals surface area contributed by atoms with Crippen molar-refractivity contribution in [1.29, 1.82) is 0 Å². The molecule has 1 heterocycles. The van der Waals surface area contributed by atoms with Crippen molar-refractivity contribution in [3.05, 3.63) is 22.4 Å². The molecular weight excluding hydrogens is 276 g/mol. The van der Waals surface area contributed by atoms with Gasteiger partial charge in [-0.2, -0.15) is 0 Å². The number of hydrogen-bond acceptors (Lipinski definition) is 4. The second-order valence-electron chi connectivity index (χ2n) is 4.87. The minimum absolute atomic E-state index is 0.0181. The van der Waals surface area contributed by atoms with Crippen LogP contribution in [-0.4, -0.2) is 42.1 Å². The fourth-order valence-electron chi connectivity index (χ4n) is 1.64. The van der Waals surface area contributed by atoms with Crippen molar-refractivity contribution in [1.82, 2.24) is 10.2 Å². The lowest BCUT2D eigenvalue weighted by Crippen LogP contribution is -2.40. The lowest BCUT2D eigenvalue weighted by atomic mass is 10.2. The first-order valence-corrected chi connectivity index (χ1v) is 7.38. The van der Waals surface area contributed by atoms with E-state index in [0.717, 1.165) is 0 Å². The van der Waals surface area contributed by atoms with E-state index in [0.29, 0.717) is 4.88 Å². The van der Waals surface area contributed by atoms with Crippen LogP contribution in [0, 0.1) is 0 Å². The van der Waals surface area contributed by atoms with Crippen LogP contribution in [0.2, 0.25) is 0 Å². The Balaban J connectivity index is 2.35. The maximum atomic E-state index is 11.8. The highest BCUT2D eigenvalue weighted by Gasteiger charge is 2.15. The minimum Gasteiger partial charge on any atom is -0.352 e. The van der Waals surface area contributed by atoms with Crippen molar-refractivity contribution in [2.75, 3.05) is 13.6 Å². The summed E-state index contributed by atoms with van der Waals surface area (Å²) in [4.78, 5) is 37.1. The van der Waals surface area contributed by atoms with Crippen molar-refractivity contribution in [3.63, 3.8) is 0 Å². The standard InChI is InChI=1S/C14H20N2O3S/c1-10(2)15-13(18)9-16(3)14(19)7-6-11(17)12-5-4-8-20-12/h4-5,8,10H,6-7,9H2,1-3H3,(H,15,18). The van der Waals surface area contributed by atoms with E-state index in [9.17, 15) is 14.4 Å². The number of amides is 2. The number of carbonyl (C=O) groups excluding carboxylic acids is 3. The Morgan fingerprint density at radius 1 is 1.30 bits per heavy atom. The van der Waals surface area contributed by atoms with E-state index in [1.807, 2.05) is 25.3 Å². The van der Waals surface area contributed by atoms with E-state index in [1.54, 1.807) is 13.1 Å². The van der Waals surface area contributed by atoms with Crippen LogP contribution in [0.3, 0.4) is 0 Å². The first-order valence-electron chi connectivity index (χ1n) is 6.50. The van der Waals surface area contributed by atoms with Crippen molar-refractivity contribution < 1.29 is 14.4 Å². The number of Topliss-reactive ketones (excluding diaryl/α,β-unsaturated/α-hetero) is 1. The zero-order valence-electron chi connectivity index (χ0n) is 12.0. The Morgan fingerprint density at radius 3 is 2.55 bits per heavy atom. The highest BCUT2D eigenvalue weighted by molar-refractivity contribution is 7.12. The number of thiophene rings is 1. The summed E-state index contributed by atoms with van der Waals surface area (Å²) in [7, 11) is 1.57. The Hall–Kier alpha value is -1.69.